The van der Waals surface area contributed by atoms with Crippen LogP contribution in [0.15, 0.2) is 12.1 Å². The number of halogens is 1. The third-order valence-corrected chi connectivity index (χ3v) is 4.47. The van der Waals surface area contributed by atoms with Crippen LogP contribution in [-0.4, -0.2) is 5.78 Å². The SMILES string of the molecule is CCC1CCC(C(=O)c2c(C)cc(C)cc2F)CC1. The molecule has 0 aliphatic heterocycles. The lowest BCUT2D eigenvalue weighted by Gasteiger charge is -2.27. The van der Waals surface area contributed by atoms with E-state index in [-0.39, 0.29) is 17.5 Å². The fraction of sp³-hybridized carbons (Fsp3) is 0.588. The Bertz CT molecular complexity index is 447. The van der Waals surface area contributed by atoms with Crippen LogP contribution in [0.5, 0.6) is 0 Å². The van der Waals surface area contributed by atoms with Crippen molar-refractivity contribution in [2.75, 3.05) is 0 Å². The monoisotopic (exact) mass is 262 g/mol. The molecule has 0 atom stereocenters. The highest BCUT2D eigenvalue weighted by Gasteiger charge is 2.28. The van der Waals surface area contributed by atoms with Gasteiger partial charge in [0, 0.05) is 5.92 Å². The largest absolute Gasteiger partial charge is 0.294 e. The standard InChI is InChI=1S/C17H23FO/c1-4-13-5-7-14(8-6-13)17(19)16-12(3)9-11(2)10-15(16)18/h9-10,13-14H,4-8H2,1-3H3. The second-order valence-electron chi connectivity index (χ2n) is 5.93. The zero-order valence-corrected chi connectivity index (χ0v) is 12.1. The van der Waals surface area contributed by atoms with Crippen molar-refractivity contribution in [3.05, 3.63) is 34.6 Å². The number of benzene rings is 1. The number of carbonyl (C=O) groups is 1. The number of carbonyl (C=O) groups excluding carboxylic acids is 1. The molecule has 0 bridgehead atoms. The smallest absolute Gasteiger partial charge is 0.169 e. The Labute approximate surface area is 115 Å². The molecule has 2 rings (SSSR count). The summed E-state index contributed by atoms with van der Waals surface area (Å²) in [5, 5.41) is 0. The van der Waals surface area contributed by atoms with Gasteiger partial charge < -0.3 is 0 Å². The Morgan fingerprint density at radius 3 is 2.37 bits per heavy atom. The Morgan fingerprint density at radius 1 is 1.21 bits per heavy atom. The lowest BCUT2D eigenvalue weighted by Crippen LogP contribution is -2.23. The minimum atomic E-state index is -0.347. The zero-order valence-electron chi connectivity index (χ0n) is 12.1. The van der Waals surface area contributed by atoms with E-state index >= 15 is 0 Å². The normalized spacial score (nSPS) is 23.4. The van der Waals surface area contributed by atoms with Gasteiger partial charge in [-0.3, -0.25) is 4.79 Å². The summed E-state index contributed by atoms with van der Waals surface area (Å²) in [5.74, 6) is 0.455. The molecular weight excluding hydrogens is 239 g/mol. The van der Waals surface area contributed by atoms with Crippen LogP contribution in [-0.2, 0) is 0 Å². The van der Waals surface area contributed by atoms with Crippen LogP contribution in [0.25, 0.3) is 0 Å². The first-order valence-electron chi connectivity index (χ1n) is 7.33. The van der Waals surface area contributed by atoms with E-state index in [0.717, 1.165) is 42.7 Å². The van der Waals surface area contributed by atoms with Crippen LogP contribution in [0.2, 0.25) is 0 Å². The molecule has 104 valence electrons. The van der Waals surface area contributed by atoms with Crippen molar-refractivity contribution in [1.82, 2.24) is 0 Å². The molecule has 1 aliphatic rings. The van der Waals surface area contributed by atoms with Gasteiger partial charge >= 0.3 is 0 Å². The van der Waals surface area contributed by atoms with Gasteiger partial charge in [-0.1, -0.05) is 19.4 Å². The van der Waals surface area contributed by atoms with Gasteiger partial charge in [-0.2, -0.15) is 0 Å². The maximum atomic E-state index is 14.0. The predicted octanol–water partition coefficient (Wildman–Crippen LogP) is 4.84. The van der Waals surface area contributed by atoms with Gasteiger partial charge in [0.15, 0.2) is 5.78 Å². The lowest BCUT2D eigenvalue weighted by molar-refractivity contribution is 0.0866. The van der Waals surface area contributed by atoms with Crippen LogP contribution in [0.4, 0.5) is 4.39 Å². The van der Waals surface area contributed by atoms with Crippen molar-refractivity contribution in [2.24, 2.45) is 11.8 Å². The molecule has 1 aromatic carbocycles. The molecule has 0 radical (unpaired) electrons. The van der Waals surface area contributed by atoms with Crippen molar-refractivity contribution >= 4 is 5.78 Å². The molecular formula is C17H23FO. The average Bonchev–Trinajstić information content (AvgIpc) is 2.37. The van der Waals surface area contributed by atoms with E-state index in [1.807, 2.05) is 19.9 Å². The van der Waals surface area contributed by atoms with Crippen LogP contribution < -0.4 is 0 Å². The first-order chi connectivity index (χ1) is 9.02. The number of hydrogen-bond acceptors (Lipinski definition) is 1. The minimum Gasteiger partial charge on any atom is -0.294 e. The van der Waals surface area contributed by atoms with Crippen molar-refractivity contribution in [3.8, 4) is 0 Å². The van der Waals surface area contributed by atoms with Gasteiger partial charge in [0.1, 0.15) is 5.82 Å². The second-order valence-corrected chi connectivity index (χ2v) is 5.93. The molecule has 1 aliphatic carbocycles. The fourth-order valence-corrected chi connectivity index (χ4v) is 3.26. The molecule has 0 aromatic heterocycles. The zero-order chi connectivity index (χ0) is 14.0. The predicted molar refractivity (Wildman–Crippen MR) is 75.9 cm³/mol. The third-order valence-electron chi connectivity index (χ3n) is 4.47. The van der Waals surface area contributed by atoms with Gasteiger partial charge in [0.05, 0.1) is 5.56 Å². The maximum Gasteiger partial charge on any atom is 0.169 e. The molecule has 0 amide bonds. The molecule has 1 aromatic rings. The van der Waals surface area contributed by atoms with Gasteiger partial charge in [0.2, 0.25) is 0 Å². The topological polar surface area (TPSA) is 17.1 Å². The van der Waals surface area contributed by atoms with E-state index in [9.17, 15) is 9.18 Å². The second kappa shape index (κ2) is 5.85. The molecule has 2 heteroatoms. The Hall–Kier alpha value is -1.18. The number of ketones is 1. The van der Waals surface area contributed by atoms with Crippen molar-refractivity contribution in [1.29, 1.82) is 0 Å². The van der Waals surface area contributed by atoms with E-state index in [0.29, 0.717) is 5.56 Å². The van der Waals surface area contributed by atoms with E-state index in [1.165, 1.54) is 12.5 Å². The van der Waals surface area contributed by atoms with Crippen LogP contribution >= 0.6 is 0 Å². The summed E-state index contributed by atoms with van der Waals surface area (Å²) >= 11 is 0. The molecule has 0 saturated heterocycles. The third kappa shape index (κ3) is 3.05. The summed E-state index contributed by atoms with van der Waals surface area (Å²) in [5.41, 5.74) is 1.98. The lowest BCUT2D eigenvalue weighted by atomic mass is 9.77. The van der Waals surface area contributed by atoms with Crippen molar-refractivity contribution in [2.45, 2.75) is 52.9 Å². The van der Waals surface area contributed by atoms with Gasteiger partial charge in [0.25, 0.3) is 0 Å². The molecule has 1 saturated carbocycles. The van der Waals surface area contributed by atoms with E-state index in [2.05, 4.69) is 6.92 Å². The number of hydrogen-bond donors (Lipinski definition) is 0. The Kier molecular flexibility index (Phi) is 4.38. The van der Waals surface area contributed by atoms with Crippen molar-refractivity contribution < 1.29 is 9.18 Å². The molecule has 0 heterocycles. The van der Waals surface area contributed by atoms with E-state index < -0.39 is 0 Å². The summed E-state index contributed by atoms with van der Waals surface area (Å²) in [7, 11) is 0. The molecule has 1 nitrogen and oxygen atoms in total. The molecule has 0 N–H and O–H groups in total. The Balaban J connectivity index is 2.17. The van der Waals surface area contributed by atoms with Gasteiger partial charge in [-0.15, -0.1) is 0 Å². The fourth-order valence-electron chi connectivity index (χ4n) is 3.26. The quantitative estimate of drug-likeness (QED) is 0.712. The van der Waals surface area contributed by atoms with E-state index in [4.69, 9.17) is 0 Å². The molecule has 19 heavy (non-hydrogen) atoms. The maximum absolute atomic E-state index is 14.0. The molecule has 0 spiro atoms. The average molecular weight is 262 g/mol. The van der Waals surface area contributed by atoms with Crippen molar-refractivity contribution in [3.63, 3.8) is 0 Å². The van der Waals surface area contributed by atoms with Crippen LogP contribution in [0.3, 0.4) is 0 Å². The first-order valence-corrected chi connectivity index (χ1v) is 7.33. The van der Waals surface area contributed by atoms with E-state index in [1.54, 1.807) is 0 Å². The van der Waals surface area contributed by atoms with Crippen LogP contribution in [0.1, 0.15) is 60.5 Å². The summed E-state index contributed by atoms with van der Waals surface area (Å²) in [6, 6.07) is 3.37. The molecule has 1 fully saturated rings. The highest BCUT2D eigenvalue weighted by atomic mass is 19.1. The summed E-state index contributed by atoms with van der Waals surface area (Å²) in [6.45, 7) is 5.90. The first kappa shape index (κ1) is 14.2. The van der Waals surface area contributed by atoms with Crippen LogP contribution in [0, 0.1) is 31.5 Å². The highest BCUT2D eigenvalue weighted by Crippen LogP contribution is 2.33. The van der Waals surface area contributed by atoms with Gasteiger partial charge in [-0.05, 0) is 62.6 Å². The summed E-state index contributed by atoms with van der Waals surface area (Å²) in [6.07, 6.45) is 5.26. The number of Topliss-reactive ketones (excluding diaryl/α,β-unsaturated/α-hetero) is 1. The molecule has 0 unspecified atom stereocenters. The number of aryl methyl sites for hydroxylation is 2. The Morgan fingerprint density at radius 2 is 1.84 bits per heavy atom. The summed E-state index contributed by atoms with van der Waals surface area (Å²) < 4.78 is 14.0. The van der Waals surface area contributed by atoms with Gasteiger partial charge in [-0.25, -0.2) is 4.39 Å². The highest BCUT2D eigenvalue weighted by molar-refractivity contribution is 5.99. The minimum absolute atomic E-state index is 0.0181. The number of rotatable bonds is 3. The summed E-state index contributed by atoms with van der Waals surface area (Å²) in [4.78, 5) is 12.5.